The van der Waals surface area contributed by atoms with E-state index in [0.717, 1.165) is 38.2 Å². The minimum atomic E-state index is -0.203. The maximum Gasteiger partial charge on any atom is 0.123 e. The maximum absolute atomic E-state index is 13.1. The Balaban J connectivity index is 2.09. The van der Waals surface area contributed by atoms with Gasteiger partial charge in [-0.2, -0.15) is 0 Å². The second-order valence-electron chi connectivity index (χ2n) is 6.09. The molecule has 2 rings (SSSR count). The fourth-order valence-electron chi connectivity index (χ4n) is 3.18. The van der Waals surface area contributed by atoms with Gasteiger partial charge in [0.05, 0.1) is 6.61 Å². The van der Waals surface area contributed by atoms with Crippen LogP contribution in [0.4, 0.5) is 4.39 Å². The first-order valence-electron chi connectivity index (χ1n) is 7.90. The molecule has 0 spiro atoms. The van der Waals surface area contributed by atoms with Crippen LogP contribution in [0.25, 0.3) is 0 Å². The molecule has 0 aliphatic carbocycles. The monoisotopic (exact) mass is 294 g/mol. The number of nitrogens with two attached hydrogens (primary N) is 1. The molecule has 0 amide bonds. The summed E-state index contributed by atoms with van der Waals surface area (Å²) in [6.07, 6.45) is 3.24. The van der Waals surface area contributed by atoms with Gasteiger partial charge >= 0.3 is 0 Å². The fraction of sp³-hybridized carbons (Fsp3) is 0.647. The van der Waals surface area contributed by atoms with Crippen molar-refractivity contribution in [3.8, 4) is 0 Å². The molecule has 1 aliphatic rings. The van der Waals surface area contributed by atoms with E-state index in [1.54, 1.807) is 0 Å². The average molecular weight is 294 g/mol. The van der Waals surface area contributed by atoms with Crippen LogP contribution < -0.4 is 5.73 Å². The second-order valence-corrected chi connectivity index (χ2v) is 6.09. The predicted molar refractivity (Wildman–Crippen MR) is 83.6 cm³/mol. The molecule has 2 N–H and O–H groups in total. The Morgan fingerprint density at radius 1 is 1.38 bits per heavy atom. The van der Waals surface area contributed by atoms with Crippen LogP contribution in [0.3, 0.4) is 0 Å². The van der Waals surface area contributed by atoms with Crippen LogP contribution in [-0.4, -0.2) is 37.7 Å². The molecule has 21 heavy (non-hydrogen) atoms. The second kappa shape index (κ2) is 7.87. The minimum absolute atomic E-state index is 0.0463. The molecule has 1 aromatic rings. The summed E-state index contributed by atoms with van der Waals surface area (Å²) in [6.45, 7) is 4.78. The number of ether oxygens (including phenoxy) is 1. The van der Waals surface area contributed by atoms with E-state index in [-0.39, 0.29) is 17.9 Å². The molecule has 0 bridgehead atoms. The summed E-state index contributed by atoms with van der Waals surface area (Å²) in [5.74, 6) is 0.363. The fourth-order valence-corrected chi connectivity index (χ4v) is 3.18. The molecule has 1 heterocycles. The highest BCUT2D eigenvalue weighted by atomic mass is 19.1. The van der Waals surface area contributed by atoms with E-state index >= 15 is 0 Å². The number of nitrogens with zero attached hydrogens (tertiary/aromatic N) is 1. The largest absolute Gasteiger partial charge is 0.381 e. The van der Waals surface area contributed by atoms with Crippen molar-refractivity contribution in [3.05, 3.63) is 35.6 Å². The Morgan fingerprint density at radius 2 is 2.10 bits per heavy atom. The zero-order valence-corrected chi connectivity index (χ0v) is 13.1. The lowest BCUT2D eigenvalue weighted by molar-refractivity contribution is 0.0338. The van der Waals surface area contributed by atoms with E-state index in [9.17, 15) is 4.39 Å². The summed E-state index contributed by atoms with van der Waals surface area (Å²) in [5.41, 5.74) is 7.41. The third-order valence-electron chi connectivity index (χ3n) is 4.36. The Hall–Kier alpha value is -0.970. The van der Waals surface area contributed by atoms with Crippen molar-refractivity contribution in [3.63, 3.8) is 0 Å². The van der Waals surface area contributed by atoms with Gasteiger partial charge in [0.15, 0.2) is 0 Å². The molecule has 0 saturated carbocycles. The smallest absolute Gasteiger partial charge is 0.123 e. The van der Waals surface area contributed by atoms with E-state index in [2.05, 4.69) is 18.9 Å². The topological polar surface area (TPSA) is 38.5 Å². The number of likely N-dealkylation sites (N-methyl/N-ethyl adjacent to an activating group) is 1. The van der Waals surface area contributed by atoms with Gasteiger partial charge < -0.3 is 10.5 Å². The van der Waals surface area contributed by atoms with E-state index in [1.165, 1.54) is 18.6 Å². The van der Waals surface area contributed by atoms with Crippen LogP contribution in [0.5, 0.6) is 0 Å². The van der Waals surface area contributed by atoms with Crippen LogP contribution in [0, 0.1) is 11.7 Å². The molecule has 0 aromatic heterocycles. The quantitative estimate of drug-likeness (QED) is 0.876. The van der Waals surface area contributed by atoms with E-state index < -0.39 is 0 Å². The van der Waals surface area contributed by atoms with Crippen molar-refractivity contribution < 1.29 is 9.13 Å². The zero-order chi connectivity index (χ0) is 15.2. The summed E-state index contributed by atoms with van der Waals surface area (Å²) in [4.78, 5) is 2.31. The Labute approximate surface area is 127 Å². The predicted octanol–water partition coefficient (Wildman–Crippen LogP) is 2.96. The van der Waals surface area contributed by atoms with Gasteiger partial charge in [0.25, 0.3) is 0 Å². The molecule has 1 fully saturated rings. The number of halogens is 1. The van der Waals surface area contributed by atoms with Gasteiger partial charge in [-0.15, -0.1) is 0 Å². The van der Waals surface area contributed by atoms with E-state index in [1.807, 2.05) is 12.1 Å². The third kappa shape index (κ3) is 4.50. The first-order chi connectivity index (χ1) is 10.1. The summed E-state index contributed by atoms with van der Waals surface area (Å²) < 4.78 is 18.7. The van der Waals surface area contributed by atoms with Gasteiger partial charge in [-0.1, -0.05) is 19.1 Å². The molecular formula is C17H27FN2O. The van der Waals surface area contributed by atoms with Gasteiger partial charge in [0.2, 0.25) is 0 Å². The van der Waals surface area contributed by atoms with Gasteiger partial charge in [-0.05, 0) is 49.9 Å². The molecule has 3 atom stereocenters. The molecule has 3 nitrogen and oxygen atoms in total. The highest BCUT2D eigenvalue weighted by molar-refractivity contribution is 5.21. The summed E-state index contributed by atoms with van der Waals surface area (Å²) >= 11 is 0. The highest BCUT2D eigenvalue weighted by Gasteiger charge is 2.26. The lowest BCUT2D eigenvalue weighted by atomic mass is 9.94. The van der Waals surface area contributed by atoms with Gasteiger partial charge in [-0.25, -0.2) is 4.39 Å². The summed E-state index contributed by atoms with van der Waals surface area (Å²) in [5, 5.41) is 0. The van der Waals surface area contributed by atoms with Crippen molar-refractivity contribution in [2.45, 2.75) is 38.3 Å². The van der Waals surface area contributed by atoms with Crippen LogP contribution >= 0.6 is 0 Å². The lowest BCUT2D eigenvalue weighted by Gasteiger charge is -2.36. The van der Waals surface area contributed by atoms with Gasteiger partial charge in [0.1, 0.15) is 5.82 Å². The number of benzene rings is 1. The normalized spacial score (nSPS) is 22.2. The third-order valence-corrected chi connectivity index (χ3v) is 4.36. The molecule has 1 aromatic carbocycles. The Bertz CT molecular complexity index is 417. The Kier molecular flexibility index (Phi) is 6.15. The van der Waals surface area contributed by atoms with Crippen molar-refractivity contribution in [2.24, 2.45) is 11.7 Å². The van der Waals surface area contributed by atoms with Crippen LogP contribution in [-0.2, 0) is 4.74 Å². The summed E-state index contributed by atoms with van der Waals surface area (Å²) in [6, 6.07) is 6.90. The summed E-state index contributed by atoms with van der Waals surface area (Å²) in [7, 11) is 2.11. The van der Waals surface area contributed by atoms with Crippen molar-refractivity contribution in [2.75, 3.05) is 26.8 Å². The number of rotatable bonds is 6. The first-order valence-corrected chi connectivity index (χ1v) is 7.90. The van der Waals surface area contributed by atoms with Crippen LogP contribution in [0.1, 0.15) is 37.8 Å². The molecule has 4 heteroatoms. The molecule has 3 unspecified atom stereocenters. The Morgan fingerprint density at radius 3 is 2.67 bits per heavy atom. The van der Waals surface area contributed by atoms with E-state index in [0.29, 0.717) is 5.92 Å². The molecular weight excluding hydrogens is 267 g/mol. The van der Waals surface area contributed by atoms with Crippen LogP contribution in [0.2, 0.25) is 0 Å². The van der Waals surface area contributed by atoms with Crippen molar-refractivity contribution in [1.82, 2.24) is 4.90 Å². The van der Waals surface area contributed by atoms with Gasteiger partial charge in [0, 0.05) is 25.2 Å². The van der Waals surface area contributed by atoms with Gasteiger partial charge in [-0.3, -0.25) is 4.90 Å². The average Bonchev–Trinajstić information content (AvgIpc) is 2.50. The van der Waals surface area contributed by atoms with Crippen molar-refractivity contribution >= 4 is 0 Å². The first kappa shape index (κ1) is 16.4. The standard InChI is InChI=1S/C17H27FN2O/c1-3-16(19)17(14-6-8-15(18)9-7-14)20(2)11-13-5-4-10-21-12-13/h6-9,13,16-17H,3-5,10-12,19H2,1-2H3. The highest BCUT2D eigenvalue weighted by Crippen LogP contribution is 2.26. The number of hydrogen-bond acceptors (Lipinski definition) is 3. The molecule has 0 radical (unpaired) electrons. The molecule has 1 aliphatic heterocycles. The SMILES string of the molecule is CCC(N)C(c1ccc(F)cc1)N(C)CC1CCCOC1. The van der Waals surface area contributed by atoms with Crippen LogP contribution in [0.15, 0.2) is 24.3 Å². The molecule has 118 valence electrons. The molecule has 1 saturated heterocycles. The van der Waals surface area contributed by atoms with E-state index in [4.69, 9.17) is 10.5 Å². The maximum atomic E-state index is 13.1. The lowest BCUT2D eigenvalue weighted by Crippen LogP contribution is -2.42. The van der Waals surface area contributed by atoms with Crippen molar-refractivity contribution in [1.29, 1.82) is 0 Å². The minimum Gasteiger partial charge on any atom is -0.381 e. The zero-order valence-electron chi connectivity index (χ0n) is 13.1. The number of hydrogen-bond donors (Lipinski definition) is 1.